The van der Waals surface area contributed by atoms with Crippen molar-refractivity contribution in [2.75, 3.05) is 7.11 Å². The number of methoxy groups -OCH3 is 1. The predicted molar refractivity (Wildman–Crippen MR) is 77.8 cm³/mol. The molecular formula is C14H22O4Si. The second-order valence-corrected chi connectivity index (χ2v) is 10.8. The lowest BCUT2D eigenvalue weighted by molar-refractivity contribution is 0.0696. The Bertz CT molecular complexity index is 475. The molecule has 0 heterocycles. The van der Waals surface area contributed by atoms with Crippen LogP contribution in [0, 0.1) is 0 Å². The molecule has 1 rings (SSSR count). The van der Waals surface area contributed by atoms with E-state index in [-0.39, 0.29) is 10.6 Å². The second kappa shape index (κ2) is 5.25. The highest BCUT2D eigenvalue weighted by Crippen LogP contribution is 2.38. The van der Waals surface area contributed by atoms with Crippen LogP contribution in [0.25, 0.3) is 0 Å². The maximum absolute atomic E-state index is 11.1. The Labute approximate surface area is 115 Å². The average Bonchev–Trinajstić information content (AvgIpc) is 2.26. The molecule has 4 nitrogen and oxygen atoms in total. The van der Waals surface area contributed by atoms with Gasteiger partial charge in [-0.3, -0.25) is 0 Å². The molecule has 0 aliphatic rings. The van der Waals surface area contributed by atoms with Crippen LogP contribution in [-0.4, -0.2) is 26.5 Å². The van der Waals surface area contributed by atoms with Crippen molar-refractivity contribution in [1.29, 1.82) is 0 Å². The van der Waals surface area contributed by atoms with Crippen LogP contribution in [0.5, 0.6) is 11.5 Å². The fourth-order valence-electron chi connectivity index (χ4n) is 1.32. The van der Waals surface area contributed by atoms with Crippen molar-refractivity contribution < 1.29 is 19.1 Å². The summed E-state index contributed by atoms with van der Waals surface area (Å²) in [5, 5.41) is 9.14. The van der Waals surface area contributed by atoms with Gasteiger partial charge in [-0.05, 0) is 30.3 Å². The minimum absolute atomic E-state index is 0.0550. The molecule has 0 aliphatic carbocycles. The van der Waals surface area contributed by atoms with E-state index in [0.717, 1.165) is 0 Å². The molecule has 0 fully saturated rings. The van der Waals surface area contributed by atoms with Crippen molar-refractivity contribution in [2.45, 2.75) is 38.9 Å². The van der Waals surface area contributed by atoms with Crippen molar-refractivity contribution in [3.8, 4) is 11.5 Å². The number of carbonyl (C=O) groups is 1. The number of hydrogen-bond acceptors (Lipinski definition) is 3. The minimum Gasteiger partial charge on any atom is -0.543 e. The van der Waals surface area contributed by atoms with Gasteiger partial charge in [0.25, 0.3) is 0 Å². The van der Waals surface area contributed by atoms with E-state index in [2.05, 4.69) is 33.9 Å². The fraction of sp³-hybridized carbons (Fsp3) is 0.500. The molecule has 5 heteroatoms. The summed E-state index contributed by atoms with van der Waals surface area (Å²) in [4.78, 5) is 11.1. The van der Waals surface area contributed by atoms with Gasteiger partial charge >= 0.3 is 5.97 Å². The smallest absolute Gasteiger partial charge is 0.335 e. The molecule has 0 radical (unpaired) electrons. The Morgan fingerprint density at radius 3 is 2.11 bits per heavy atom. The van der Waals surface area contributed by atoms with Gasteiger partial charge in [-0.1, -0.05) is 20.8 Å². The van der Waals surface area contributed by atoms with E-state index < -0.39 is 14.3 Å². The van der Waals surface area contributed by atoms with Gasteiger partial charge in [0, 0.05) is 6.07 Å². The number of ether oxygens (including phenoxy) is 1. The summed E-state index contributed by atoms with van der Waals surface area (Å²) in [5.41, 5.74) is 0.174. The zero-order valence-corrected chi connectivity index (χ0v) is 13.4. The number of carboxylic acids is 1. The number of carboxylic acid groups (broad SMARTS) is 1. The molecular weight excluding hydrogens is 260 g/mol. The molecule has 0 atom stereocenters. The van der Waals surface area contributed by atoms with Crippen LogP contribution in [0.4, 0.5) is 0 Å². The number of aromatic carboxylic acids is 1. The van der Waals surface area contributed by atoms with Gasteiger partial charge in [0.1, 0.15) is 11.5 Å². The lowest BCUT2D eigenvalue weighted by Gasteiger charge is -2.36. The fourth-order valence-corrected chi connectivity index (χ4v) is 2.33. The van der Waals surface area contributed by atoms with Crippen molar-refractivity contribution in [1.82, 2.24) is 0 Å². The summed E-state index contributed by atoms with van der Waals surface area (Å²) in [6.45, 7) is 10.6. The first-order valence-corrected chi connectivity index (χ1v) is 9.09. The molecule has 1 aromatic rings. The normalized spacial score (nSPS) is 12.1. The molecule has 1 N–H and O–H groups in total. The molecule has 0 aromatic heterocycles. The molecule has 0 saturated carbocycles. The molecule has 0 unspecified atom stereocenters. The Kier molecular flexibility index (Phi) is 4.30. The maximum Gasteiger partial charge on any atom is 0.335 e. The van der Waals surface area contributed by atoms with Crippen molar-refractivity contribution in [3.05, 3.63) is 23.8 Å². The van der Waals surface area contributed by atoms with Crippen LogP contribution in [0.1, 0.15) is 31.1 Å². The summed E-state index contributed by atoms with van der Waals surface area (Å²) in [7, 11) is -0.477. The first-order chi connectivity index (χ1) is 8.56. The van der Waals surface area contributed by atoms with E-state index in [1.807, 2.05) is 0 Å². The molecule has 1 aromatic carbocycles. The topological polar surface area (TPSA) is 55.8 Å². The van der Waals surface area contributed by atoms with Crippen LogP contribution < -0.4 is 9.16 Å². The van der Waals surface area contributed by atoms with E-state index in [1.54, 1.807) is 12.1 Å². The Hall–Kier alpha value is -1.49. The standard InChI is InChI=1S/C14H22O4Si/c1-14(2,3)19(5,6)18-12-8-10(13(15)16)7-11(9-12)17-4/h7-9H,1-6H3,(H,15,16). The summed E-state index contributed by atoms with van der Waals surface area (Å²) in [5.74, 6) is 0.0657. The predicted octanol–water partition coefficient (Wildman–Crippen LogP) is 3.78. The van der Waals surface area contributed by atoms with Crippen molar-refractivity contribution in [3.63, 3.8) is 0 Å². The van der Waals surface area contributed by atoms with E-state index in [1.165, 1.54) is 13.2 Å². The lowest BCUT2D eigenvalue weighted by atomic mass is 10.2. The summed E-state index contributed by atoms with van der Waals surface area (Å²) in [6.07, 6.45) is 0. The van der Waals surface area contributed by atoms with Gasteiger partial charge in [0.15, 0.2) is 0 Å². The highest BCUT2D eigenvalue weighted by atomic mass is 28.4. The number of benzene rings is 1. The first kappa shape index (κ1) is 15.6. The summed E-state index contributed by atoms with van der Waals surface area (Å²) in [6, 6.07) is 4.76. The average molecular weight is 282 g/mol. The zero-order chi connectivity index (χ0) is 14.8. The van der Waals surface area contributed by atoms with Crippen molar-refractivity contribution >= 4 is 14.3 Å². The molecule has 106 valence electrons. The highest BCUT2D eigenvalue weighted by Gasteiger charge is 2.39. The summed E-state index contributed by atoms with van der Waals surface area (Å²) >= 11 is 0. The quantitative estimate of drug-likeness (QED) is 0.854. The Balaban J connectivity index is 3.14. The Morgan fingerprint density at radius 1 is 1.16 bits per heavy atom. The Morgan fingerprint density at radius 2 is 1.68 bits per heavy atom. The highest BCUT2D eigenvalue weighted by molar-refractivity contribution is 6.74. The van der Waals surface area contributed by atoms with Gasteiger partial charge in [0.2, 0.25) is 8.32 Å². The van der Waals surface area contributed by atoms with Crippen LogP contribution in [0.2, 0.25) is 18.1 Å². The largest absolute Gasteiger partial charge is 0.543 e. The van der Waals surface area contributed by atoms with E-state index >= 15 is 0 Å². The third kappa shape index (κ3) is 3.73. The third-order valence-electron chi connectivity index (χ3n) is 3.54. The molecule has 19 heavy (non-hydrogen) atoms. The minimum atomic E-state index is -1.99. The van der Waals surface area contributed by atoms with Crippen LogP contribution in [0.15, 0.2) is 18.2 Å². The van der Waals surface area contributed by atoms with Crippen LogP contribution in [-0.2, 0) is 0 Å². The van der Waals surface area contributed by atoms with E-state index in [9.17, 15) is 4.79 Å². The molecule has 0 aliphatic heterocycles. The van der Waals surface area contributed by atoms with Gasteiger partial charge in [-0.2, -0.15) is 0 Å². The SMILES string of the molecule is COc1cc(O[Si](C)(C)C(C)(C)C)cc(C(=O)O)c1. The van der Waals surface area contributed by atoms with Crippen LogP contribution in [0.3, 0.4) is 0 Å². The van der Waals surface area contributed by atoms with E-state index in [0.29, 0.717) is 11.5 Å². The van der Waals surface area contributed by atoms with E-state index in [4.69, 9.17) is 14.3 Å². The van der Waals surface area contributed by atoms with Gasteiger partial charge < -0.3 is 14.3 Å². The molecule has 0 amide bonds. The third-order valence-corrected chi connectivity index (χ3v) is 7.90. The monoisotopic (exact) mass is 282 g/mol. The number of rotatable bonds is 4. The van der Waals surface area contributed by atoms with Gasteiger partial charge in [0.05, 0.1) is 12.7 Å². The maximum atomic E-state index is 11.1. The zero-order valence-electron chi connectivity index (χ0n) is 12.4. The lowest BCUT2D eigenvalue weighted by Crippen LogP contribution is -2.43. The van der Waals surface area contributed by atoms with Gasteiger partial charge in [-0.25, -0.2) is 4.79 Å². The number of hydrogen-bond donors (Lipinski definition) is 1. The summed E-state index contributed by atoms with van der Waals surface area (Å²) < 4.78 is 11.2. The van der Waals surface area contributed by atoms with Crippen LogP contribution >= 0.6 is 0 Å². The van der Waals surface area contributed by atoms with Gasteiger partial charge in [-0.15, -0.1) is 0 Å². The molecule has 0 bridgehead atoms. The second-order valence-electron chi connectivity index (χ2n) is 6.06. The van der Waals surface area contributed by atoms with Crippen molar-refractivity contribution in [2.24, 2.45) is 0 Å². The molecule has 0 saturated heterocycles. The molecule has 0 spiro atoms. The first-order valence-electron chi connectivity index (χ1n) is 6.18.